The lowest BCUT2D eigenvalue weighted by molar-refractivity contribution is -0.117. The van der Waals surface area contributed by atoms with Gasteiger partial charge in [-0.05, 0) is 24.0 Å². The van der Waals surface area contributed by atoms with Gasteiger partial charge in [0.1, 0.15) is 11.6 Å². The molecule has 0 unspecified atom stereocenters. The van der Waals surface area contributed by atoms with Crippen molar-refractivity contribution in [2.75, 3.05) is 31.6 Å². The molecule has 1 aromatic carbocycles. The number of anilines is 1. The van der Waals surface area contributed by atoms with Gasteiger partial charge in [-0.1, -0.05) is 20.8 Å². The summed E-state index contributed by atoms with van der Waals surface area (Å²) in [5.41, 5.74) is -0.0408. The molecule has 0 saturated heterocycles. The molecule has 0 radical (unpaired) electrons. The van der Waals surface area contributed by atoms with Crippen LogP contribution in [0.5, 0.6) is 0 Å². The number of benzene rings is 1. The fourth-order valence-electron chi connectivity index (χ4n) is 2.16. The Labute approximate surface area is 130 Å². The Bertz CT molecular complexity index is 501. The smallest absolute Gasteiger partial charge is 0.238 e. The number of carbonyl (C=O) groups is 1. The fourth-order valence-corrected chi connectivity index (χ4v) is 2.16. The number of amides is 1. The number of hydrogen-bond donors (Lipinski definition) is 2. The lowest BCUT2D eigenvalue weighted by Crippen LogP contribution is -2.39. The highest BCUT2D eigenvalue weighted by molar-refractivity contribution is 5.92. The van der Waals surface area contributed by atoms with Gasteiger partial charge in [-0.25, -0.2) is 8.78 Å². The Balaban J connectivity index is 2.65. The topological polar surface area (TPSA) is 52.6 Å². The van der Waals surface area contributed by atoms with E-state index in [1.165, 1.54) is 6.07 Å². The van der Waals surface area contributed by atoms with E-state index in [1.54, 1.807) is 0 Å². The summed E-state index contributed by atoms with van der Waals surface area (Å²) in [4.78, 5) is 13.9. The van der Waals surface area contributed by atoms with Crippen molar-refractivity contribution in [2.24, 2.45) is 5.41 Å². The van der Waals surface area contributed by atoms with Crippen molar-refractivity contribution in [3.63, 3.8) is 0 Å². The molecule has 0 atom stereocenters. The zero-order valence-electron chi connectivity index (χ0n) is 13.3. The Hall–Kier alpha value is -1.53. The number of nitrogens with zero attached hydrogens (tertiary/aromatic N) is 1. The van der Waals surface area contributed by atoms with Crippen molar-refractivity contribution in [2.45, 2.75) is 27.2 Å². The van der Waals surface area contributed by atoms with Crippen LogP contribution in [0.25, 0.3) is 0 Å². The molecule has 6 heteroatoms. The average molecular weight is 314 g/mol. The third-order valence-corrected chi connectivity index (χ3v) is 2.90. The van der Waals surface area contributed by atoms with Gasteiger partial charge in [0.2, 0.25) is 5.91 Å². The summed E-state index contributed by atoms with van der Waals surface area (Å²) in [6, 6.07) is 3.02. The number of carbonyl (C=O) groups excluding carboxylic acids is 1. The Morgan fingerprint density at radius 3 is 2.55 bits per heavy atom. The molecule has 1 amide bonds. The van der Waals surface area contributed by atoms with Gasteiger partial charge >= 0.3 is 0 Å². The second kappa shape index (κ2) is 8.19. The summed E-state index contributed by atoms with van der Waals surface area (Å²) in [5.74, 6) is -1.86. The highest BCUT2D eigenvalue weighted by Crippen LogP contribution is 2.17. The molecule has 0 aliphatic rings. The van der Waals surface area contributed by atoms with Crippen molar-refractivity contribution in [3.05, 3.63) is 29.8 Å². The largest absolute Gasteiger partial charge is 0.396 e. The molecule has 1 rings (SSSR count). The molecular weight excluding hydrogens is 290 g/mol. The molecule has 0 heterocycles. The van der Waals surface area contributed by atoms with Gasteiger partial charge in [0, 0.05) is 25.8 Å². The van der Waals surface area contributed by atoms with Gasteiger partial charge in [0.05, 0.1) is 12.2 Å². The van der Waals surface area contributed by atoms with Gasteiger partial charge in [0.25, 0.3) is 0 Å². The number of aliphatic hydroxyl groups is 1. The molecule has 22 heavy (non-hydrogen) atoms. The standard InChI is InChI=1S/C16H24F2N2O2/c1-16(2,3)11-20(7-4-8-21)10-15(22)19-14-6-5-12(17)9-13(14)18/h5-6,9,21H,4,7-8,10-11H2,1-3H3,(H,19,22). The van der Waals surface area contributed by atoms with E-state index in [2.05, 4.69) is 26.1 Å². The number of aliphatic hydroxyl groups excluding tert-OH is 1. The maximum absolute atomic E-state index is 13.5. The van der Waals surface area contributed by atoms with E-state index in [9.17, 15) is 13.6 Å². The van der Waals surface area contributed by atoms with Crippen molar-refractivity contribution >= 4 is 11.6 Å². The third kappa shape index (κ3) is 6.95. The quantitative estimate of drug-likeness (QED) is 0.813. The molecule has 0 spiro atoms. The minimum atomic E-state index is -0.800. The van der Waals surface area contributed by atoms with Crippen LogP contribution in [0.4, 0.5) is 14.5 Å². The molecule has 0 aliphatic carbocycles. The zero-order valence-corrected chi connectivity index (χ0v) is 13.3. The predicted molar refractivity (Wildman–Crippen MR) is 82.6 cm³/mol. The molecule has 0 bridgehead atoms. The number of halogens is 2. The molecule has 4 nitrogen and oxygen atoms in total. The monoisotopic (exact) mass is 314 g/mol. The first-order chi connectivity index (χ1) is 10.2. The van der Waals surface area contributed by atoms with Crippen LogP contribution in [0.1, 0.15) is 27.2 Å². The zero-order chi connectivity index (χ0) is 16.8. The molecule has 0 aromatic heterocycles. The van der Waals surface area contributed by atoms with E-state index in [4.69, 9.17) is 5.11 Å². The van der Waals surface area contributed by atoms with Crippen LogP contribution in [0.15, 0.2) is 18.2 Å². The predicted octanol–water partition coefficient (Wildman–Crippen LogP) is 2.63. The molecule has 124 valence electrons. The van der Waals surface area contributed by atoms with Gasteiger partial charge in [-0.15, -0.1) is 0 Å². The fraction of sp³-hybridized carbons (Fsp3) is 0.562. The Morgan fingerprint density at radius 2 is 2.00 bits per heavy atom. The van der Waals surface area contributed by atoms with Crippen LogP contribution in [0.3, 0.4) is 0 Å². The van der Waals surface area contributed by atoms with Crippen LogP contribution in [0, 0.1) is 17.0 Å². The summed E-state index contributed by atoms with van der Waals surface area (Å²) >= 11 is 0. The van der Waals surface area contributed by atoms with Gasteiger partial charge in [0.15, 0.2) is 0 Å². The summed E-state index contributed by atoms with van der Waals surface area (Å²) in [7, 11) is 0. The lowest BCUT2D eigenvalue weighted by atomic mass is 9.96. The molecule has 0 saturated carbocycles. The third-order valence-electron chi connectivity index (χ3n) is 2.90. The van der Waals surface area contributed by atoms with E-state index in [0.29, 0.717) is 19.5 Å². The minimum absolute atomic E-state index is 0.00311. The summed E-state index contributed by atoms with van der Waals surface area (Å²) in [5, 5.41) is 11.4. The second-order valence-electron chi connectivity index (χ2n) is 6.52. The van der Waals surface area contributed by atoms with Crippen molar-refractivity contribution in [1.82, 2.24) is 4.90 Å². The van der Waals surface area contributed by atoms with E-state index in [0.717, 1.165) is 12.1 Å². The number of rotatable bonds is 7. The maximum atomic E-state index is 13.5. The van der Waals surface area contributed by atoms with Crippen molar-refractivity contribution in [3.8, 4) is 0 Å². The van der Waals surface area contributed by atoms with E-state index in [1.807, 2.05) is 4.90 Å². The molecular formula is C16H24F2N2O2. The highest BCUT2D eigenvalue weighted by atomic mass is 19.1. The molecule has 2 N–H and O–H groups in total. The van der Waals surface area contributed by atoms with Gasteiger partial charge < -0.3 is 10.4 Å². The first kappa shape index (κ1) is 18.5. The first-order valence-corrected chi connectivity index (χ1v) is 7.29. The van der Waals surface area contributed by atoms with Crippen LogP contribution in [-0.4, -0.2) is 42.2 Å². The van der Waals surface area contributed by atoms with Crippen LogP contribution in [-0.2, 0) is 4.79 Å². The van der Waals surface area contributed by atoms with E-state index < -0.39 is 11.6 Å². The van der Waals surface area contributed by atoms with Gasteiger partial charge in [-0.2, -0.15) is 0 Å². The van der Waals surface area contributed by atoms with Crippen LogP contribution in [0.2, 0.25) is 0 Å². The minimum Gasteiger partial charge on any atom is -0.396 e. The van der Waals surface area contributed by atoms with Crippen LogP contribution < -0.4 is 5.32 Å². The highest BCUT2D eigenvalue weighted by Gasteiger charge is 2.19. The second-order valence-corrected chi connectivity index (χ2v) is 6.52. The van der Waals surface area contributed by atoms with E-state index in [-0.39, 0.29) is 30.2 Å². The van der Waals surface area contributed by atoms with Crippen molar-refractivity contribution < 1.29 is 18.7 Å². The van der Waals surface area contributed by atoms with E-state index >= 15 is 0 Å². The first-order valence-electron chi connectivity index (χ1n) is 7.29. The number of nitrogens with one attached hydrogen (secondary N) is 1. The number of hydrogen-bond acceptors (Lipinski definition) is 3. The summed E-state index contributed by atoms with van der Waals surface area (Å²) in [6.45, 7) is 7.55. The van der Waals surface area contributed by atoms with Crippen molar-refractivity contribution in [1.29, 1.82) is 0 Å². The Morgan fingerprint density at radius 1 is 1.32 bits per heavy atom. The normalized spacial score (nSPS) is 11.8. The summed E-state index contributed by atoms with van der Waals surface area (Å²) < 4.78 is 26.4. The average Bonchev–Trinajstić information content (AvgIpc) is 2.37. The molecule has 0 aliphatic heterocycles. The Kier molecular flexibility index (Phi) is 6.90. The molecule has 0 fully saturated rings. The van der Waals surface area contributed by atoms with Crippen LogP contribution >= 0.6 is 0 Å². The summed E-state index contributed by atoms with van der Waals surface area (Å²) in [6.07, 6.45) is 0.564. The van der Waals surface area contributed by atoms with Gasteiger partial charge in [-0.3, -0.25) is 9.69 Å². The molecule has 1 aromatic rings. The maximum Gasteiger partial charge on any atom is 0.238 e. The SMILES string of the molecule is CC(C)(C)CN(CCCO)CC(=O)Nc1ccc(F)cc1F. The lowest BCUT2D eigenvalue weighted by Gasteiger charge is -2.29.